The summed E-state index contributed by atoms with van der Waals surface area (Å²) in [6.07, 6.45) is 3.42. The number of anilines is 1. The van der Waals surface area contributed by atoms with E-state index in [0.29, 0.717) is 16.9 Å². The molecular formula is C23H17F2N5S. The van der Waals surface area contributed by atoms with E-state index in [2.05, 4.69) is 20.9 Å². The zero-order valence-electron chi connectivity index (χ0n) is 16.2. The van der Waals surface area contributed by atoms with Gasteiger partial charge < -0.3 is 5.32 Å². The van der Waals surface area contributed by atoms with Crippen LogP contribution in [0, 0.1) is 11.6 Å². The number of hydrazone groups is 1. The smallest absolute Gasteiger partial charge is 0.191 e. The van der Waals surface area contributed by atoms with E-state index in [1.54, 1.807) is 35.2 Å². The Morgan fingerprint density at radius 2 is 1.55 bits per heavy atom. The summed E-state index contributed by atoms with van der Waals surface area (Å²) in [7, 11) is 0. The number of aromatic nitrogens is 2. The minimum atomic E-state index is -0.328. The fraction of sp³-hybridized carbons (Fsp3) is 0. The fourth-order valence-electron chi connectivity index (χ4n) is 2.88. The van der Waals surface area contributed by atoms with Gasteiger partial charge in [0, 0.05) is 23.0 Å². The number of benzene rings is 3. The molecule has 0 aliphatic carbocycles. The molecule has 0 saturated heterocycles. The van der Waals surface area contributed by atoms with Crippen LogP contribution in [0.25, 0.3) is 16.9 Å². The van der Waals surface area contributed by atoms with Gasteiger partial charge in [-0.2, -0.15) is 10.2 Å². The van der Waals surface area contributed by atoms with E-state index in [4.69, 9.17) is 12.2 Å². The van der Waals surface area contributed by atoms with Crippen LogP contribution in [-0.4, -0.2) is 21.1 Å². The molecule has 31 heavy (non-hydrogen) atoms. The van der Waals surface area contributed by atoms with Gasteiger partial charge in [0.05, 0.1) is 11.9 Å². The van der Waals surface area contributed by atoms with Crippen molar-refractivity contribution in [2.75, 3.05) is 5.32 Å². The third-order valence-electron chi connectivity index (χ3n) is 4.35. The maximum atomic E-state index is 13.4. The molecule has 154 valence electrons. The fourth-order valence-corrected chi connectivity index (χ4v) is 3.05. The SMILES string of the molecule is Fc1ccc(NC(=S)N/N=C/c2cn(-c3ccccc3)nc2-c2ccc(F)cc2)cc1. The Hall–Kier alpha value is -3.91. The lowest BCUT2D eigenvalue weighted by Crippen LogP contribution is -2.23. The highest BCUT2D eigenvalue weighted by Crippen LogP contribution is 2.23. The first kappa shape index (κ1) is 20.4. The van der Waals surface area contributed by atoms with Crippen molar-refractivity contribution in [1.82, 2.24) is 15.2 Å². The van der Waals surface area contributed by atoms with E-state index >= 15 is 0 Å². The Kier molecular flexibility index (Phi) is 6.09. The largest absolute Gasteiger partial charge is 0.331 e. The first-order valence-corrected chi connectivity index (χ1v) is 9.76. The molecule has 4 rings (SSSR count). The van der Waals surface area contributed by atoms with E-state index in [0.717, 1.165) is 11.3 Å². The number of hydrogen-bond donors (Lipinski definition) is 2. The monoisotopic (exact) mass is 433 g/mol. The first-order chi connectivity index (χ1) is 15.1. The molecule has 0 saturated carbocycles. The Morgan fingerprint density at radius 1 is 0.903 bits per heavy atom. The summed E-state index contributed by atoms with van der Waals surface area (Å²) >= 11 is 5.21. The maximum Gasteiger partial charge on any atom is 0.191 e. The second-order valence-corrected chi connectivity index (χ2v) is 6.96. The van der Waals surface area contributed by atoms with Gasteiger partial charge in [0.15, 0.2) is 5.11 Å². The van der Waals surface area contributed by atoms with Crippen molar-refractivity contribution in [1.29, 1.82) is 0 Å². The van der Waals surface area contributed by atoms with Crippen LogP contribution in [0.15, 0.2) is 90.2 Å². The quantitative estimate of drug-likeness (QED) is 0.260. The van der Waals surface area contributed by atoms with Gasteiger partial charge in [-0.25, -0.2) is 13.5 Å². The highest BCUT2D eigenvalue weighted by atomic mass is 32.1. The Bertz CT molecular complexity index is 1200. The molecule has 2 N–H and O–H groups in total. The Labute approximate surface area is 183 Å². The molecule has 0 amide bonds. The molecule has 0 atom stereocenters. The molecular weight excluding hydrogens is 416 g/mol. The maximum absolute atomic E-state index is 13.4. The molecule has 0 radical (unpaired) electrons. The van der Waals surface area contributed by atoms with Crippen molar-refractivity contribution in [2.45, 2.75) is 0 Å². The molecule has 5 nitrogen and oxygen atoms in total. The molecule has 1 heterocycles. The van der Waals surface area contributed by atoms with Crippen LogP contribution in [0.3, 0.4) is 0 Å². The van der Waals surface area contributed by atoms with Crippen LogP contribution >= 0.6 is 12.2 Å². The van der Waals surface area contributed by atoms with E-state index in [1.165, 1.54) is 24.3 Å². The summed E-state index contributed by atoms with van der Waals surface area (Å²) in [6.45, 7) is 0. The van der Waals surface area contributed by atoms with Crippen LogP contribution in [0.1, 0.15) is 5.56 Å². The Morgan fingerprint density at radius 3 is 2.23 bits per heavy atom. The van der Waals surface area contributed by atoms with Gasteiger partial charge in [-0.05, 0) is 72.9 Å². The van der Waals surface area contributed by atoms with Crippen molar-refractivity contribution >= 4 is 29.2 Å². The molecule has 8 heteroatoms. The van der Waals surface area contributed by atoms with Gasteiger partial charge in [0.1, 0.15) is 17.3 Å². The van der Waals surface area contributed by atoms with Gasteiger partial charge in [-0.15, -0.1) is 0 Å². The van der Waals surface area contributed by atoms with E-state index in [1.807, 2.05) is 36.5 Å². The molecule has 4 aromatic rings. The molecule has 0 bridgehead atoms. The van der Waals surface area contributed by atoms with E-state index in [-0.39, 0.29) is 16.7 Å². The number of para-hydroxylation sites is 1. The molecule has 0 fully saturated rings. The van der Waals surface area contributed by atoms with Gasteiger partial charge in [-0.1, -0.05) is 18.2 Å². The number of thiocarbonyl (C=S) groups is 1. The number of hydrogen-bond acceptors (Lipinski definition) is 3. The van der Waals surface area contributed by atoms with E-state index < -0.39 is 0 Å². The lowest BCUT2D eigenvalue weighted by atomic mass is 10.1. The predicted octanol–water partition coefficient (Wildman–Crippen LogP) is 5.14. The summed E-state index contributed by atoms with van der Waals surface area (Å²) in [6, 6.07) is 21.6. The van der Waals surface area contributed by atoms with Gasteiger partial charge in [0.25, 0.3) is 0 Å². The van der Waals surface area contributed by atoms with Gasteiger partial charge in [-0.3, -0.25) is 5.43 Å². The highest BCUT2D eigenvalue weighted by Gasteiger charge is 2.11. The summed E-state index contributed by atoms with van der Waals surface area (Å²) < 4.78 is 28.1. The van der Waals surface area contributed by atoms with Crippen LogP contribution in [0.2, 0.25) is 0 Å². The van der Waals surface area contributed by atoms with Crippen LogP contribution < -0.4 is 10.7 Å². The minimum Gasteiger partial charge on any atom is -0.331 e. The summed E-state index contributed by atoms with van der Waals surface area (Å²) in [4.78, 5) is 0. The lowest BCUT2D eigenvalue weighted by molar-refractivity contribution is 0.627. The highest BCUT2D eigenvalue weighted by molar-refractivity contribution is 7.80. The third kappa shape index (κ3) is 5.18. The van der Waals surface area contributed by atoms with Crippen molar-refractivity contribution in [3.05, 3.63) is 102 Å². The van der Waals surface area contributed by atoms with Crippen molar-refractivity contribution in [3.63, 3.8) is 0 Å². The van der Waals surface area contributed by atoms with Crippen LogP contribution in [-0.2, 0) is 0 Å². The second kappa shape index (κ2) is 9.27. The molecule has 0 spiro atoms. The molecule has 0 aliphatic rings. The first-order valence-electron chi connectivity index (χ1n) is 9.35. The molecule has 1 aromatic heterocycles. The van der Waals surface area contributed by atoms with Crippen molar-refractivity contribution in [3.8, 4) is 16.9 Å². The van der Waals surface area contributed by atoms with Crippen LogP contribution in [0.4, 0.5) is 14.5 Å². The van der Waals surface area contributed by atoms with Gasteiger partial charge >= 0.3 is 0 Å². The molecule has 3 aromatic carbocycles. The standard InChI is InChI=1S/C23H17F2N5S/c24-18-8-6-16(7-9-18)22-17(15-30(29-22)21-4-2-1-3-5-21)14-26-28-23(31)27-20-12-10-19(25)11-13-20/h1-15H,(H2,27,28,31)/b26-14+. The lowest BCUT2D eigenvalue weighted by Gasteiger charge is -2.06. The topological polar surface area (TPSA) is 54.2 Å². The van der Waals surface area contributed by atoms with Crippen LogP contribution in [0.5, 0.6) is 0 Å². The summed E-state index contributed by atoms with van der Waals surface area (Å²) in [5.74, 6) is -0.647. The van der Waals surface area contributed by atoms with Crippen molar-refractivity contribution in [2.24, 2.45) is 5.10 Å². The molecule has 0 aliphatic heterocycles. The van der Waals surface area contributed by atoms with Crippen molar-refractivity contribution < 1.29 is 8.78 Å². The number of rotatable bonds is 5. The van der Waals surface area contributed by atoms with E-state index in [9.17, 15) is 8.78 Å². The molecule has 0 unspecified atom stereocenters. The zero-order valence-corrected chi connectivity index (χ0v) is 17.0. The average molecular weight is 433 g/mol. The number of nitrogens with one attached hydrogen (secondary N) is 2. The number of halogens is 2. The second-order valence-electron chi connectivity index (χ2n) is 6.55. The average Bonchev–Trinajstić information content (AvgIpc) is 3.21. The Balaban J connectivity index is 1.55. The third-order valence-corrected chi connectivity index (χ3v) is 4.55. The normalized spacial score (nSPS) is 10.9. The van der Waals surface area contributed by atoms with Gasteiger partial charge in [0.2, 0.25) is 0 Å². The zero-order chi connectivity index (χ0) is 21.6. The summed E-state index contributed by atoms with van der Waals surface area (Å²) in [5, 5.41) is 12.0. The number of nitrogens with zero attached hydrogens (tertiary/aromatic N) is 3. The minimum absolute atomic E-state index is 0.252. The predicted molar refractivity (Wildman–Crippen MR) is 122 cm³/mol. The summed E-state index contributed by atoms with van der Waals surface area (Å²) in [5.41, 5.74) is 6.36.